The van der Waals surface area contributed by atoms with Gasteiger partial charge in [0, 0.05) is 16.3 Å². The van der Waals surface area contributed by atoms with Crippen LogP contribution in [0.5, 0.6) is 0 Å². The highest BCUT2D eigenvalue weighted by molar-refractivity contribution is 6.21. The normalized spacial score (nSPS) is 11.7. The standard InChI is InChI=1S/C42H26O/c1-2-11-30-26-31(25-20-27(30)10-1)41-36-15-5-3-13-34(36)40(35-14-4-6-16-37(35)41)29-23-21-28(22-24-29)32-17-9-18-38-33-12-7-8-19-39(33)43-42(32)38/h1-26H. The Bertz CT molecular complexity index is 2440. The van der Waals surface area contributed by atoms with Crippen LogP contribution in [0.3, 0.4) is 0 Å². The zero-order valence-electron chi connectivity index (χ0n) is 23.4. The van der Waals surface area contributed by atoms with Crippen LogP contribution in [-0.2, 0) is 0 Å². The van der Waals surface area contributed by atoms with Crippen molar-refractivity contribution in [2.24, 2.45) is 0 Å². The molecule has 0 amide bonds. The maximum absolute atomic E-state index is 6.35. The molecule has 0 spiro atoms. The highest BCUT2D eigenvalue weighted by atomic mass is 16.3. The molecule has 43 heavy (non-hydrogen) atoms. The van der Waals surface area contributed by atoms with Crippen molar-refractivity contribution in [3.8, 4) is 33.4 Å². The number of fused-ring (bicyclic) bond motifs is 6. The molecule has 0 bridgehead atoms. The van der Waals surface area contributed by atoms with Crippen LogP contribution in [0.1, 0.15) is 0 Å². The van der Waals surface area contributed by atoms with Crippen molar-refractivity contribution < 1.29 is 4.42 Å². The predicted octanol–water partition coefficient (Wildman–Crippen LogP) is 12.0. The zero-order valence-corrected chi connectivity index (χ0v) is 23.4. The van der Waals surface area contributed by atoms with Gasteiger partial charge in [-0.15, -0.1) is 0 Å². The van der Waals surface area contributed by atoms with Gasteiger partial charge in [0.15, 0.2) is 0 Å². The SMILES string of the molecule is c1ccc2cc(-c3c4ccccc4c(-c4ccc(-c5cccc6c5oc5ccccc56)cc4)c4ccccc34)ccc2c1. The van der Waals surface area contributed by atoms with Gasteiger partial charge >= 0.3 is 0 Å². The van der Waals surface area contributed by atoms with E-state index in [2.05, 4.69) is 146 Å². The molecule has 0 aliphatic rings. The summed E-state index contributed by atoms with van der Waals surface area (Å²) >= 11 is 0. The van der Waals surface area contributed by atoms with E-state index in [1.807, 2.05) is 12.1 Å². The van der Waals surface area contributed by atoms with Crippen molar-refractivity contribution in [3.05, 3.63) is 158 Å². The molecular formula is C42H26O. The molecule has 9 aromatic rings. The second-order valence-corrected chi connectivity index (χ2v) is 11.3. The lowest BCUT2D eigenvalue weighted by atomic mass is 9.85. The Balaban J connectivity index is 1.25. The Morgan fingerprint density at radius 1 is 0.326 bits per heavy atom. The molecule has 1 heterocycles. The van der Waals surface area contributed by atoms with Crippen molar-refractivity contribution in [1.82, 2.24) is 0 Å². The zero-order chi connectivity index (χ0) is 28.3. The summed E-state index contributed by atoms with van der Waals surface area (Å²) in [6.07, 6.45) is 0. The third-order valence-corrected chi connectivity index (χ3v) is 8.86. The minimum absolute atomic E-state index is 0.922. The Hall–Kier alpha value is -5.66. The van der Waals surface area contributed by atoms with Crippen LogP contribution in [0.4, 0.5) is 0 Å². The minimum atomic E-state index is 0.922. The van der Waals surface area contributed by atoms with Crippen LogP contribution < -0.4 is 0 Å². The fraction of sp³-hybridized carbons (Fsp3) is 0. The Morgan fingerprint density at radius 2 is 0.837 bits per heavy atom. The van der Waals surface area contributed by atoms with Gasteiger partial charge in [-0.25, -0.2) is 0 Å². The fourth-order valence-corrected chi connectivity index (χ4v) is 6.89. The molecular weight excluding hydrogens is 520 g/mol. The Labute approximate surface area is 249 Å². The van der Waals surface area contributed by atoms with Crippen molar-refractivity contribution in [1.29, 1.82) is 0 Å². The van der Waals surface area contributed by atoms with Crippen molar-refractivity contribution >= 4 is 54.3 Å². The van der Waals surface area contributed by atoms with Crippen LogP contribution in [-0.4, -0.2) is 0 Å². The van der Waals surface area contributed by atoms with E-state index in [1.165, 1.54) is 54.6 Å². The maximum atomic E-state index is 6.35. The molecule has 1 aromatic heterocycles. The average molecular weight is 547 g/mol. The minimum Gasteiger partial charge on any atom is -0.455 e. The summed E-state index contributed by atoms with van der Waals surface area (Å²) in [6.45, 7) is 0. The molecule has 0 fully saturated rings. The lowest BCUT2D eigenvalue weighted by Crippen LogP contribution is -1.91. The summed E-state index contributed by atoms with van der Waals surface area (Å²) in [5.41, 5.74) is 9.12. The van der Waals surface area contributed by atoms with Crippen LogP contribution in [0, 0.1) is 0 Å². The van der Waals surface area contributed by atoms with Gasteiger partial charge in [-0.3, -0.25) is 0 Å². The summed E-state index contributed by atoms with van der Waals surface area (Å²) in [5.74, 6) is 0. The van der Waals surface area contributed by atoms with E-state index in [9.17, 15) is 0 Å². The Kier molecular flexibility index (Phi) is 5.27. The lowest BCUT2D eigenvalue weighted by molar-refractivity contribution is 0.670. The molecule has 0 saturated carbocycles. The number of para-hydroxylation sites is 2. The van der Waals surface area contributed by atoms with E-state index in [0.29, 0.717) is 0 Å². The smallest absolute Gasteiger partial charge is 0.143 e. The number of hydrogen-bond donors (Lipinski definition) is 0. The van der Waals surface area contributed by atoms with Gasteiger partial charge in [0.1, 0.15) is 11.2 Å². The molecule has 0 aliphatic heterocycles. The van der Waals surface area contributed by atoms with E-state index >= 15 is 0 Å². The molecule has 9 rings (SSSR count). The second kappa shape index (κ2) is 9.44. The fourth-order valence-electron chi connectivity index (χ4n) is 6.89. The lowest BCUT2D eigenvalue weighted by Gasteiger charge is -2.18. The van der Waals surface area contributed by atoms with Crippen molar-refractivity contribution in [2.75, 3.05) is 0 Å². The molecule has 0 radical (unpaired) electrons. The maximum Gasteiger partial charge on any atom is 0.143 e. The van der Waals surface area contributed by atoms with Gasteiger partial charge in [0.25, 0.3) is 0 Å². The van der Waals surface area contributed by atoms with E-state index in [0.717, 1.165) is 33.1 Å². The molecule has 0 atom stereocenters. The van der Waals surface area contributed by atoms with Gasteiger partial charge < -0.3 is 4.42 Å². The molecule has 0 aliphatic carbocycles. The van der Waals surface area contributed by atoms with Gasteiger partial charge in [-0.2, -0.15) is 0 Å². The average Bonchev–Trinajstić information content (AvgIpc) is 3.46. The van der Waals surface area contributed by atoms with Crippen LogP contribution in [0.2, 0.25) is 0 Å². The summed E-state index contributed by atoms with van der Waals surface area (Å²) < 4.78 is 6.35. The van der Waals surface area contributed by atoms with Gasteiger partial charge in [0.05, 0.1) is 0 Å². The molecule has 1 heteroatoms. The Morgan fingerprint density at radius 3 is 1.53 bits per heavy atom. The third-order valence-electron chi connectivity index (χ3n) is 8.86. The van der Waals surface area contributed by atoms with Crippen molar-refractivity contribution in [3.63, 3.8) is 0 Å². The summed E-state index contributed by atoms with van der Waals surface area (Å²) in [4.78, 5) is 0. The van der Waals surface area contributed by atoms with Crippen molar-refractivity contribution in [2.45, 2.75) is 0 Å². The predicted molar refractivity (Wildman–Crippen MR) is 183 cm³/mol. The first-order chi connectivity index (χ1) is 21.3. The molecule has 0 unspecified atom stereocenters. The summed E-state index contributed by atoms with van der Waals surface area (Å²) in [5, 5.41) is 9.87. The van der Waals surface area contributed by atoms with Gasteiger partial charge in [-0.05, 0) is 72.3 Å². The highest BCUT2D eigenvalue weighted by Crippen LogP contribution is 2.44. The molecule has 200 valence electrons. The summed E-state index contributed by atoms with van der Waals surface area (Å²) in [7, 11) is 0. The van der Waals surface area contributed by atoms with E-state index in [-0.39, 0.29) is 0 Å². The number of benzene rings is 8. The molecule has 1 nitrogen and oxygen atoms in total. The van der Waals surface area contributed by atoms with E-state index in [4.69, 9.17) is 4.42 Å². The van der Waals surface area contributed by atoms with Crippen LogP contribution >= 0.6 is 0 Å². The molecule has 8 aromatic carbocycles. The van der Waals surface area contributed by atoms with Gasteiger partial charge in [-0.1, -0.05) is 146 Å². The third kappa shape index (κ3) is 3.72. The first-order valence-corrected chi connectivity index (χ1v) is 14.8. The van der Waals surface area contributed by atoms with Crippen LogP contribution in [0.25, 0.3) is 87.6 Å². The number of hydrogen-bond acceptors (Lipinski definition) is 1. The van der Waals surface area contributed by atoms with Gasteiger partial charge in [0.2, 0.25) is 0 Å². The monoisotopic (exact) mass is 546 g/mol. The van der Waals surface area contributed by atoms with E-state index in [1.54, 1.807) is 0 Å². The van der Waals surface area contributed by atoms with Crippen LogP contribution in [0.15, 0.2) is 162 Å². The first-order valence-electron chi connectivity index (χ1n) is 14.8. The van der Waals surface area contributed by atoms with E-state index < -0.39 is 0 Å². The first kappa shape index (κ1) is 24.0. The largest absolute Gasteiger partial charge is 0.455 e. The molecule has 0 N–H and O–H groups in total. The second-order valence-electron chi connectivity index (χ2n) is 11.3. The topological polar surface area (TPSA) is 13.1 Å². The highest BCUT2D eigenvalue weighted by Gasteiger charge is 2.17. The number of furan rings is 1. The summed E-state index contributed by atoms with van der Waals surface area (Å²) in [6, 6.07) is 56.8. The number of rotatable bonds is 3. The molecule has 0 saturated heterocycles. The quantitative estimate of drug-likeness (QED) is 0.201.